The van der Waals surface area contributed by atoms with Crippen molar-refractivity contribution in [2.75, 3.05) is 12.0 Å². The third-order valence-corrected chi connectivity index (χ3v) is 7.62. The van der Waals surface area contributed by atoms with Gasteiger partial charge in [-0.25, -0.2) is 18.3 Å². The third kappa shape index (κ3) is 3.87. The summed E-state index contributed by atoms with van der Waals surface area (Å²) in [5, 5.41) is -0.740. The Morgan fingerprint density at radius 1 is 0.848 bits per heavy atom. The first-order chi connectivity index (χ1) is 15.6. The Morgan fingerprint density at radius 3 is 1.88 bits per heavy atom. The molecule has 9 nitrogen and oxygen atoms in total. The minimum absolute atomic E-state index is 0.0663. The van der Waals surface area contributed by atoms with Gasteiger partial charge in [0.05, 0.1) is 48.9 Å². The lowest BCUT2D eigenvalue weighted by atomic mass is 10.1. The SMILES string of the molecule is COc1nccnc1[N-]S(=O)(=O)c1ccc(N2C(=O)c3c(Cl)c(Cl)c(Cl)c(Cl)c3C2=O)cc1. The van der Waals surface area contributed by atoms with Gasteiger partial charge in [-0.2, -0.15) is 0 Å². The van der Waals surface area contributed by atoms with Gasteiger partial charge in [-0.15, -0.1) is 0 Å². The van der Waals surface area contributed by atoms with Crippen LogP contribution in [-0.2, 0) is 10.0 Å². The van der Waals surface area contributed by atoms with Crippen molar-refractivity contribution in [3.8, 4) is 5.88 Å². The van der Waals surface area contributed by atoms with Gasteiger partial charge in [0.15, 0.2) is 0 Å². The van der Waals surface area contributed by atoms with E-state index in [0.29, 0.717) is 0 Å². The summed E-state index contributed by atoms with van der Waals surface area (Å²) in [6.07, 6.45) is 2.58. The van der Waals surface area contributed by atoms with Gasteiger partial charge in [0.2, 0.25) is 15.9 Å². The number of rotatable bonds is 5. The fraction of sp³-hybridized carbons (Fsp3) is 0.0526. The quantitative estimate of drug-likeness (QED) is 0.242. The van der Waals surface area contributed by atoms with E-state index in [4.69, 9.17) is 51.1 Å². The smallest absolute Gasteiger partial charge is 0.267 e. The Bertz CT molecular complexity index is 1380. The number of benzene rings is 2. The summed E-state index contributed by atoms with van der Waals surface area (Å²) in [4.78, 5) is 34.1. The van der Waals surface area contributed by atoms with E-state index in [1.807, 2.05) is 0 Å². The number of anilines is 1. The van der Waals surface area contributed by atoms with Crippen LogP contribution < -0.4 is 9.64 Å². The van der Waals surface area contributed by atoms with Crippen molar-refractivity contribution >= 4 is 79.7 Å². The highest BCUT2D eigenvalue weighted by Crippen LogP contribution is 2.45. The summed E-state index contributed by atoms with van der Waals surface area (Å²) in [5.74, 6) is -1.88. The van der Waals surface area contributed by atoms with Crippen molar-refractivity contribution in [1.29, 1.82) is 0 Å². The maximum atomic E-state index is 12.9. The average molecular weight is 547 g/mol. The molecule has 170 valence electrons. The molecule has 0 atom stereocenters. The van der Waals surface area contributed by atoms with E-state index in [1.54, 1.807) is 0 Å². The van der Waals surface area contributed by atoms with Crippen LogP contribution in [0.3, 0.4) is 0 Å². The number of methoxy groups -OCH3 is 1. The van der Waals surface area contributed by atoms with E-state index >= 15 is 0 Å². The first-order valence-electron chi connectivity index (χ1n) is 8.76. The second-order valence-electron chi connectivity index (χ2n) is 6.40. The molecule has 0 saturated carbocycles. The van der Waals surface area contributed by atoms with Crippen LogP contribution in [0, 0.1) is 0 Å². The molecule has 1 aliphatic heterocycles. The van der Waals surface area contributed by atoms with Crippen LogP contribution in [0.25, 0.3) is 4.72 Å². The largest absolute Gasteiger partial charge is 0.481 e. The van der Waals surface area contributed by atoms with Crippen molar-refractivity contribution in [3.05, 3.63) is 72.6 Å². The number of carbonyl (C=O) groups is 2. The highest BCUT2D eigenvalue weighted by Gasteiger charge is 2.42. The third-order valence-electron chi connectivity index (χ3n) is 4.54. The van der Waals surface area contributed by atoms with Crippen LogP contribution in [0.5, 0.6) is 5.88 Å². The molecule has 0 bridgehead atoms. The summed E-state index contributed by atoms with van der Waals surface area (Å²) < 4.78 is 33.9. The molecule has 0 unspecified atom stereocenters. The number of sulfonamides is 1. The number of hydrogen-bond donors (Lipinski definition) is 0. The van der Waals surface area contributed by atoms with E-state index in [2.05, 4.69) is 14.7 Å². The number of ether oxygens (including phenoxy) is 1. The van der Waals surface area contributed by atoms with Crippen molar-refractivity contribution < 1.29 is 22.7 Å². The molecule has 2 aromatic carbocycles. The fourth-order valence-corrected chi connectivity index (χ4v) is 4.99. The topological polar surface area (TPSA) is 121 Å². The van der Waals surface area contributed by atoms with Gasteiger partial charge in [0.25, 0.3) is 11.8 Å². The molecular weight excluding hydrogens is 538 g/mol. The zero-order valence-corrected chi connectivity index (χ0v) is 20.1. The van der Waals surface area contributed by atoms with Gasteiger partial charge in [0, 0.05) is 12.0 Å². The predicted octanol–water partition coefficient (Wildman–Crippen LogP) is 5.29. The molecule has 4 rings (SSSR count). The molecule has 0 aliphatic carbocycles. The molecular formula is C19H9Cl4N4O5S-. The Kier molecular flexibility index (Phi) is 6.14. The Labute approximate surface area is 207 Å². The molecule has 0 fully saturated rings. The van der Waals surface area contributed by atoms with Crippen LogP contribution in [0.15, 0.2) is 41.6 Å². The first-order valence-corrected chi connectivity index (χ1v) is 11.7. The van der Waals surface area contributed by atoms with E-state index in [-0.39, 0.29) is 53.5 Å². The maximum Gasteiger partial charge on any atom is 0.267 e. The second kappa shape index (κ2) is 8.62. The standard InChI is InChI=1S/C19H9Cl4N4O5S/c1-32-17-16(24-6-7-25-17)26-33(30,31)9-4-2-8(3-5-9)27-18(28)10-11(19(27)29)13(21)15(23)14(22)12(10)20/h2-7H,1H3/q-1. The minimum atomic E-state index is -4.21. The molecule has 2 amide bonds. The number of hydrogen-bond acceptors (Lipinski definition) is 7. The molecule has 3 aromatic rings. The molecule has 0 saturated heterocycles. The Morgan fingerprint density at radius 2 is 1.36 bits per heavy atom. The molecule has 1 aliphatic rings. The van der Waals surface area contributed by atoms with E-state index in [0.717, 1.165) is 4.90 Å². The number of fused-ring (bicyclic) bond motifs is 1. The summed E-state index contributed by atoms with van der Waals surface area (Å²) in [5.41, 5.74) is -0.318. The van der Waals surface area contributed by atoms with E-state index in [9.17, 15) is 18.0 Å². The van der Waals surface area contributed by atoms with E-state index in [1.165, 1.54) is 43.8 Å². The lowest BCUT2D eigenvalue weighted by molar-refractivity contribution is 0.0926. The van der Waals surface area contributed by atoms with Crippen LogP contribution in [0.1, 0.15) is 20.7 Å². The minimum Gasteiger partial charge on any atom is -0.481 e. The summed E-state index contributed by atoms with van der Waals surface area (Å²) in [6, 6.07) is 4.85. The van der Waals surface area contributed by atoms with Gasteiger partial charge in [-0.3, -0.25) is 9.59 Å². The first kappa shape index (κ1) is 23.5. The van der Waals surface area contributed by atoms with Crippen LogP contribution in [0.4, 0.5) is 11.5 Å². The number of nitrogens with zero attached hydrogens (tertiary/aromatic N) is 4. The molecule has 0 spiro atoms. The molecule has 0 radical (unpaired) electrons. The number of amides is 2. The Hall–Kier alpha value is -2.63. The summed E-state index contributed by atoms with van der Waals surface area (Å²) >= 11 is 24.3. The van der Waals surface area contributed by atoms with Gasteiger partial charge in [-0.1, -0.05) is 52.6 Å². The predicted molar refractivity (Wildman–Crippen MR) is 123 cm³/mol. The number of aromatic nitrogens is 2. The van der Waals surface area contributed by atoms with Gasteiger partial charge in [-0.05, 0) is 24.3 Å². The molecule has 14 heteroatoms. The molecule has 33 heavy (non-hydrogen) atoms. The maximum absolute atomic E-state index is 12.9. The van der Waals surface area contributed by atoms with Crippen LogP contribution in [-0.4, -0.2) is 37.3 Å². The van der Waals surface area contributed by atoms with Gasteiger partial charge < -0.3 is 14.4 Å². The Balaban J connectivity index is 1.68. The fourth-order valence-electron chi connectivity index (χ4n) is 3.04. The van der Waals surface area contributed by atoms with Crippen molar-refractivity contribution in [2.24, 2.45) is 0 Å². The number of imide groups is 1. The second-order valence-corrected chi connectivity index (χ2v) is 9.52. The zero-order chi connectivity index (χ0) is 24.1. The van der Waals surface area contributed by atoms with Crippen LogP contribution in [0.2, 0.25) is 20.1 Å². The highest BCUT2D eigenvalue weighted by atomic mass is 35.5. The average Bonchev–Trinajstić information content (AvgIpc) is 3.06. The zero-order valence-electron chi connectivity index (χ0n) is 16.2. The monoisotopic (exact) mass is 545 g/mol. The lowest BCUT2D eigenvalue weighted by Crippen LogP contribution is -2.29. The lowest BCUT2D eigenvalue weighted by Gasteiger charge is -2.18. The molecule has 1 aromatic heterocycles. The van der Waals surface area contributed by atoms with Crippen molar-refractivity contribution in [2.45, 2.75) is 4.90 Å². The molecule has 2 heterocycles. The van der Waals surface area contributed by atoms with Crippen molar-refractivity contribution in [3.63, 3.8) is 0 Å². The van der Waals surface area contributed by atoms with E-state index < -0.39 is 21.8 Å². The molecule has 0 N–H and O–H groups in total. The van der Waals surface area contributed by atoms with Gasteiger partial charge >= 0.3 is 0 Å². The van der Waals surface area contributed by atoms with Crippen molar-refractivity contribution in [1.82, 2.24) is 9.97 Å². The highest BCUT2D eigenvalue weighted by molar-refractivity contribution is 7.94. The summed E-state index contributed by atoms with van der Waals surface area (Å²) in [6.45, 7) is 0. The number of carbonyl (C=O) groups excluding carboxylic acids is 2. The number of halogens is 4. The normalized spacial score (nSPS) is 13.3. The van der Waals surface area contributed by atoms with Crippen LogP contribution >= 0.6 is 46.4 Å². The van der Waals surface area contributed by atoms with Gasteiger partial charge in [0.1, 0.15) is 0 Å². The summed E-state index contributed by atoms with van der Waals surface area (Å²) in [7, 11) is -2.92.